The van der Waals surface area contributed by atoms with E-state index in [1.54, 1.807) is 20.9 Å². The molecular weight excluding hydrogens is 290 g/mol. The lowest BCUT2D eigenvalue weighted by molar-refractivity contribution is -0.132. The van der Waals surface area contributed by atoms with Gasteiger partial charge in [0.25, 0.3) is 5.91 Å². The number of likely N-dealkylation sites (N-methyl/N-ethyl adjacent to an activating group) is 1. The fourth-order valence-corrected chi connectivity index (χ4v) is 2.37. The molecule has 0 heterocycles. The van der Waals surface area contributed by atoms with Crippen LogP contribution in [-0.4, -0.2) is 35.9 Å². The van der Waals surface area contributed by atoms with Crippen molar-refractivity contribution in [1.29, 1.82) is 0 Å². The van der Waals surface area contributed by atoms with Crippen molar-refractivity contribution in [2.45, 2.75) is 33.7 Å². The number of rotatable bonds is 6. The maximum Gasteiger partial charge on any atom is 0.257 e. The number of hydrogen-bond donors (Lipinski definition) is 1. The van der Waals surface area contributed by atoms with E-state index in [0.29, 0.717) is 17.0 Å². The Bertz CT molecular complexity index is 614. The van der Waals surface area contributed by atoms with Crippen LogP contribution >= 0.6 is 0 Å². The highest BCUT2D eigenvalue weighted by atomic mass is 16.2. The largest absolute Gasteiger partial charge is 0.402 e. The molecule has 2 N–H and O–H groups in total. The van der Waals surface area contributed by atoms with Gasteiger partial charge >= 0.3 is 0 Å². The average molecular weight is 315 g/mol. The van der Waals surface area contributed by atoms with Gasteiger partial charge in [0.1, 0.15) is 6.29 Å². The first-order valence-electron chi connectivity index (χ1n) is 7.59. The van der Waals surface area contributed by atoms with Crippen molar-refractivity contribution in [2.75, 3.05) is 7.05 Å². The molecule has 23 heavy (non-hydrogen) atoms. The highest BCUT2D eigenvalue weighted by Gasteiger charge is 2.27. The molecule has 1 unspecified atom stereocenters. The van der Waals surface area contributed by atoms with Gasteiger partial charge in [-0.3, -0.25) is 9.79 Å². The van der Waals surface area contributed by atoms with Crippen molar-refractivity contribution in [3.05, 3.63) is 41.6 Å². The van der Waals surface area contributed by atoms with Gasteiger partial charge in [-0.05, 0) is 31.9 Å². The summed E-state index contributed by atoms with van der Waals surface area (Å²) in [6.07, 6.45) is 0.787. The molecule has 1 aromatic carbocycles. The van der Waals surface area contributed by atoms with Crippen molar-refractivity contribution in [3.63, 3.8) is 0 Å². The number of allylic oxidation sites excluding steroid dienone is 1. The Kier molecular flexibility index (Phi) is 6.69. The molecule has 0 radical (unpaired) electrons. The molecule has 0 aliphatic heterocycles. The predicted molar refractivity (Wildman–Crippen MR) is 93.6 cm³/mol. The van der Waals surface area contributed by atoms with E-state index in [9.17, 15) is 9.59 Å². The van der Waals surface area contributed by atoms with Gasteiger partial charge in [-0.15, -0.1) is 0 Å². The third-order valence-electron chi connectivity index (χ3n) is 3.61. The Balaban J connectivity index is 3.18. The minimum absolute atomic E-state index is 0.0205. The van der Waals surface area contributed by atoms with Crippen LogP contribution in [0, 0.1) is 5.92 Å². The summed E-state index contributed by atoms with van der Waals surface area (Å²) in [4.78, 5) is 29.9. The minimum atomic E-state index is -0.499. The Morgan fingerprint density at radius 2 is 1.78 bits per heavy atom. The van der Waals surface area contributed by atoms with Gasteiger partial charge < -0.3 is 15.4 Å². The lowest BCUT2D eigenvalue weighted by atomic mass is 10.0. The van der Waals surface area contributed by atoms with Gasteiger partial charge in [0.15, 0.2) is 0 Å². The van der Waals surface area contributed by atoms with E-state index in [-0.39, 0.29) is 11.8 Å². The van der Waals surface area contributed by atoms with Gasteiger partial charge in [-0.2, -0.15) is 0 Å². The number of para-hydroxylation sites is 1. The quantitative estimate of drug-likeness (QED) is 0.498. The summed E-state index contributed by atoms with van der Waals surface area (Å²) in [6.45, 7) is 7.20. The number of aliphatic imine (C=N–C) groups is 1. The van der Waals surface area contributed by atoms with Crippen molar-refractivity contribution in [2.24, 2.45) is 16.6 Å². The number of nitrogens with zero attached hydrogens (tertiary/aromatic N) is 2. The molecule has 0 aliphatic rings. The first kappa shape index (κ1) is 18.6. The predicted octanol–water partition coefficient (Wildman–Crippen LogP) is 2.69. The molecule has 0 saturated heterocycles. The van der Waals surface area contributed by atoms with Crippen LogP contribution < -0.4 is 5.73 Å². The Labute approximate surface area is 137 Å². The van der Waals surface area contributed by atoms with E-state index in [1.165, 1.54) is 4.90 Å². The smallest absolute Gasteiger partial charge is 0.257 e. The summed E-state index contributed by atoms with van der Waals surface area (Å²) in [5, 5.41) is 0. The summed E-state index contributed by atoms with van der Waals surface area (Å²) >= 11 is 0. The summed E-state index contributed by atoms with van der Waals surface area (Å²) in [5.74, 6) is -0.278. The standard InChI is InChI=1S/C18H25N3O2/c1-12(2)16(11-22)21(5)18(23)17(13(3)19)14(4)20-15-9-7-6-8-10-15/h6-12,16H,19H2,1-5H3/b17-13+,20-14?. The molecule has 0 spiro atoms. The number of aldehydes is 1. The molecule has 0 saturated carbocycles. The second-order valence-corrected chi connectivity index (χ2v) is 5.88. The Hall–Kier alpha value is -2.43. The van der Waals surface area contributed by atoms with E-state index in [1.807, 2.05) is 44.2 Å². The molecule has 5 nitrogen and oxygen atoms in total. The van der Waals surface area contributed by atoms with E-state index < -0.39 is 6.04 Å². The topological polar surface area (TPSA) is 75.8 Å². The van der Waals surface area contributed by atoms with Gasteiger partial charge in [0.05, 0.1) is 23.0 Å². The van der Waals surface area contributed by atoms with Gasteiger partial charge in [-0.1, -0.05) is 32.0 Å². The Morgan fingerprint density at radius 3 is 2.22 bits per heavy atom. The highest BCUT2D eigenvalue weighted by Crippen LogP contribution is 2.17. The molecule has 0 bridgehead atoms. The number of benzene rings is 1. The maximum atomic E-state index is 12.8. The van der Waals surface area contributed by atoms with Crippen molar-refractivity contribution in [1.82, 2.24) is 4.90 Å². The zero-order valence-corrected chi connectivity index (χ0v) is 14.4. The lowest BCUT2D eigenvalue weighted by Crippen LogP contribution is -2.43. The second kappa shape index (κ2) is 8.27. The van der Waals surface area contributed by atoms with E-state index >= 15 is 0 Å². The molecule has 1 amide bonds. The van der Waals surface area contributed by atoms with Crippen LogP contribution in [0.25, 0.3) is 0 Å². The molecule has 0 aliphatic carbocycles. The first-order chi connectivity index (χ1) is 10.8. The van der Waals surface area contributed by atoms with Crippen LogP contribution in [0.2, 0.25) is 0 Å². The molecule has 5 heteroatoms. The van der Waals surface area contributed by atoms with Crippen molar-refractivity contribution in [3.8, 4) is 0 Å². The van der Waals surface area contributed by atoms with E-state index in [2.05, 4.69) is 4.99 Å². The zero-order valence-electron chi connectivity index (χ0n) is 14.4. The van der Waals surface area contributed by atoms with Crippen LogP contribution in [0.1, 0.15) is 27.7 Å². The third kappa shape index (κ3) is 4.77. The molecule has 0 aromatic heterocycles. The van der Waals surface area contributed by atoms with Crippen LogP contribution in [0.15, 0.2) is 46.6 Å². The van der Waals surface area contributed by atoms with Crippen molar-refractivity contribution >= 4 is 23.6 Å². The molecule has 1 aromatic rings. The number of carbonyl (C=O) groups excluding carboxylic acids is 2. The summed E-state index contributed by atoms with van der Waals surface area (Å²) in [7, 11) is 1.61. The van der Waals surface area contributed by atoms with Gasteiger partial charge in [0.2, 0.25) is 0 Å². The average Bonchev–Trinajstić information content (AvgIpc) is 2.48. The Morgan fingerprint density at radius 1 is 1.22 bits per heavy atom. The summed E-state index contributed by atoms with van der Waals surface area (Å²) in [6, 6.07) is 8.85. The lowest BCUT2D eigenvalue weighted by Gasteiger charge is -2.28. The minimum Gasteiger partial charge on any atom is -0.402 e. The number of nitrogens with two attached hydrogens (primary N) is 1. The third-order valence-corrected chi connectivity index (χ3v) is 3.61. The van der Waals surface area contributed by atoms with Gasteiger partial charge in [-0.25, -0.2) is 0 Å². The van der Waals surface area contributed by atoms with Crippen LogP contribution in [0.5, 0.6) is 0 Å². The first-order valence-corrected chi connectivity index (χ1v) is 7.59. The number of carbonyl (C=O) groups is 2. The molecule has 1 atom stereocenters. The SMILES string of the molecule is CC(=Nc1ccccc1)/C(C(=O)N(C)C(C=O)C(C)C)=C(/C)N. The zero-order chi connectivity index (χ0) is 17.6. The number of hydrogen-bond acceptors (Lipinski definition) is 4. The highest BCUT2D eigenvalue weighted by molar-refractivity contribution is 6.22. The fourth-order valence-electron chi connectivity index (χ4n) is 2.37. The molecular formula is C18H25N3O2. The maximum absolute atomic E-state index is 12.8. The van der Waals surface area contributed by atoms with Crippen LogP contribution in [-0.2, 0) is 9.59 Å². The van der Waals surface area contributed by atoms with Gasteiger partial charge in [0, 0.05) is 12.7 Å². The number of amides is 1. The molecule has 124 valence electrons. The summed E-state index contributed by atoms with van der Waals surface area (Å²) in [5.41, 5.74) is 7.90. The van der Waals surface area contributed by atoms with E-state index in [0.717, 1.165) is 12.0 Å². The fraction of sp³-hybridized carbons (Fsp3) is 0.389. The van der Waals surface area contributed by atoms with Crippen LogP contribution in [0.3, 0.4) is 0 Å². The van der Waals surface area contributed by atoms with Crippen molar-refractivity contribution < 1.29 is 9.59 Å². The second-order valence-electron chi connectivity index (χ2n) is 5.88. The van der Waals surface area contributed by atoms with Crippen LogP contribution in [0.4, 0.5) is 5.69 Å². The molecule has 1 rings (SSSR count). The monoisotopic (exact) mass is 315 g/mol. The normalized spacial score (nSPS) is 14.3. The summed E-state index contributed by atoms with van der Waals surface area (Å²) < 4.78 is 0. The molecule has 0 fully saturated rings. The van der Waals surface area contributed by atoms with E-state index in [4.69, 9.17) is 5.73 Å².